The van der Waals surface area contributed by atoms with Crippen molar-refractivity contribution in [2.75, 3.05) is 42.7 Å². The molecule has 0 bridgehead atoms. The van der Waals surface area contributed by atoms with Crippen molar-refractivity contribution < 1.29 is 47.8 Å². The van der Waals surface area contributed by atoms with E-state index in [1.54, 1.807) is 6.92 Å². The van der Waals surface area contributed by atoms with Crippen LogP contribution in [0.2, 0.25) is 25.7 Å². The first-order valence-electron chi connectivity index (χ1n) is 9.32. The molecular formula is C16H30N5NaO4S2Si. The molecule has 0 amide bonds. The van der Waals surface area contributed by atoms with E-state index in [0.717, 1.165) is 16.8 Å². The van der Waals surface area contributed by atoms with Gasteiger partial charge in [0.05, 0.1) is 6.61 Å². The minimum absolute atomic E-state index is 0. The molecule has 0 aromatic carbocycles. The standard InChI is InChI=1S/C16H31N5O4S2Si.Na/c1-13(11-22)17-14-10-15(19-16(26)18-14)21(12-25-8-9-28(2,3)4)27(23,24)20-6-5-7-20;/h10,13,22H,5-9,11-12H2,1-4H3,(H2,17,18,19,26);/q;+1/p-1/t13-;/m1./s1. The summed E-state index contributed by atoms with van der Waals surface area (Å²) in [6.07, 6.45) is 0.834. The van der Waals surface area contributed by atoms with Gasteiger partial charge in [0.25, 0.3) is 0 Å². The van der Waals surface area contributed by atoms with Crippen molar-refractivity contribution in [3.05, 3.63) is 6.07 Å². The van der Waals surface area contributed by atoms with E-state index in [1.807, 2.05) is 0 Å². The molecule has 0 aliphatic carbocycles. The van der Waals surface area contributed by atoms with Gasteiger partial charge in [0.2, 0.25) is 0 Å². The van der Waals surface area contributed by atoms with Crippen LogP contribution in [0.1, 0.15) is 13.3 Å². The fraction of sp³-hybridized carbons (Fsp3) is 0.750. The van der Waals surface area contributed by atoms with Crippen LogP contribution in [0.3, 0.4) is 0 Å². The minimum Gasteiger partial charge on any atom is -0.740 e. The topological polar surface area (TPSA) is 108 Å². The van der Waals surface area contributed by atoms with Crippen molar-refractivity contribution in [1.82, 2.24) is 14.3 Å². The number of hydrogen-bond acceptors (Lipinski definition) is 8. The number of nitrogens with one attached hydrogen (secondary N) is 1. The first-order chi connectivity index (χ1) is 13.0. The Bertz CT molecular complexity index is 762. The molecule has 1 aliphatic rings. The summed E-state index contributed by atoms with van der Waals surface area (Å²) in [5, 5.41) is 12.2. The number of aliphatic hydroxyl groups is 1. The monoisotopic (exact) mass is 471 g/mol. The summed E-state index contributed by atoms with van der Waals surface area (Å²) in [7, 11) is -5.05. The average Bonchev–Trinajstić information content (AvgIpc) is 2.50. The minimum atomic E-state index is -3.76. The number of aromatic nitrogens is 2. The van der Waals surface area contributed by atoms with E-state index in [2.05, 4.69) is 34.9 Å². The van der Waals surface area contributed by atoms with Crippen LogP contribution >= 0.6 is 0 Å². The van der Waals surface area contributed by atoms with Crippen molar-refractivity contribution in [2.45, 2.75) is 50.2 Å². The smallest absolute Gasteiger partial charge is 0.740 e. The van der Waals surface area contributed by atoms with E-state index < -0.39 is 18.3 Å². The molecule has 9 nitrogen and oxygen atoms in total. The Hall–Kier alpha value is -0.0531. The zero-order chi connectivity index (χ0) is 20.9. The molecule has 2 N–H and O–H groups in total. The third-order valence-corrected chi connectivity index (χ3v) is 7.99. The summed E-state index contributed by atoms with van der Waals surface area (Å²) in [4.78, 5) is 8.26. The van der Waals surface area contributed by atoms with Crippen LogP contribution in [0.4, 0.5) is 11.6 Å². The largest absolute Gasteiger partial charge is 1.00 e. The second kappa shape index (κ2) is 11.5. The molecule has 13 heteroatoms. The van der Waals surface area contributed by atoms with E-state index >= 15 is 0 Å². The zero-order valence-corrected chi connectivity index (χ0v) is 22.5. The second-order valence-electron chi connectivity index (χ2n) is 8.08. The average molecular weight is 472 g/mol. The van der Waals surface area contributed by atoms with Crippen molar-refractivity contribution in [3.8, 4) is 0 Å². The van der Waals surface area contributed by atoms with Crippen LogP contribution in [-0.2, 0) is 27.6 Å². The molecule has 1 atom stereocenters. The normalized spacial score (nSPS) is 15.9. The van der Waals surface area contributed by atoms with Crippen molar-refractivity contribution in [1.29, 1.82) is 0 Å². The fourth-order valence-corrected chi connectivity index (χ4v) is 4.83. The molecule has 0 unspecified atom stereocenters. The molecule has 0 saturated carbocycles. The Morgan fingerprint density at radius 2 is 2.03 bits per heavy atom. The number of anilines is 2. The molecule has 0 spiro atoms. The maximum atomic E-state index is 13.0. The van der Waals surface area contributed by atoms with Gasteiger partial charge in [-0.15, -0.1) is 0 Å². The number of hydrogen-bond donors (Lipinski definition) is 2. The summed E-state index contributed by atoms with van der Waals surface area (Å²) in [6, 6.07) is 2.19. The van der Waals surface area contributed by atoms with Gasteiger partial charge in [0.1, 0.15) is 18.4 Å². The van der Waals surface area contributed by atoms with Gasteiger partial charge in [0, 0.05) is 45.0 Å². The third-order valence-electron chi connectivity index (χ3n) is 4.24. The van der Waals surface area contributed by atoms with E-state index in [4.69, 9.17) is 17.4 Å². The second-order valence-corrected chi connectivity index (χ2v) is 15.9. The Labute approximate surface area is 202 Å². The van der Waals surface area contributed by atoms with Gasteiger partial charge < -0.3 is 27.8 Å². The van der Waals surface area contributed by atoms with Crippen molar-refractivity contribution in [2.24, 2.45) is 0 Å². The van der Waals surface area contributed by atoms with Gasteiger partial charge in [-0.2, -0.15) is 12.7 Å². The summed E-state index contributed by atoms with van der Waals surface area (Å²) in [6.45, 7) is 9.70. The molecule has 1 aromatic heterocycles. The first kappa shape index (κ1) is 27.0. The van der Waals surface area contributed by atoms with Gasteiger partial charge in [-0.25, -0.2) is 14.3 Å². The van der Waals surface area contributed by atoms with Crippen LogP contribution in [0.15, 0.2) is 11.2 Å². The quantitative estimate of drug-likeness (QED) is 0.129. The molecule has 1 fully saturated rings. The molecule has 1 saturated heterocycles. The van der Waals surface area contributed by atoms with Crippen molar-refractivity contribution in [3.63, 3.8) is 0 Å². The molecule has 2 rings (SSSR count). The van der Waals surface area contributed by atoms with Crippen LogP contribution in [0, 0.1) is 0 Å². The SMILES string of the molecule is C[C@H](CO)Nc1cc(N(COCC[Si](C)(C)C)S(=O)(=O)N2CCC2)nc([S-])n1.[Na+]. The molecule has 1 aliphatic heterocycles. The van der Waals surface area contributed by atoms with Crippen LogP contribution in [0.5, 0.6) is 0 Å². The molecular weight excluding hydrogens is 441 g/mol. The van der Waals surface area contributed by atoms with Crippen molar-refractivity contribution >= 4 is 42.5 Å². The Kier molecular flexibility index (Phi) is 10.7. The summed E-state index contributed by atoms with van der Waals surface area (Å²) in [5.74, 6) is 0.523. The third kappa shape index (κ3) is 8.18. The van der Waals surface area contributed by atoms with E-state index in [-0.39, 0.29) is 59.9 Å². The Balaban J connectivity index is 0.00000420. The van der Waals surface area contributed by atoms with Gasteiger partial charge in [-0.3, -0.25) is 0 Å². The van der Waals surface area contributed by atoms with Gasteiger partial charge in [-0.05, 0) is 19.4 Å². The van der Waals surface area contributed by atoms with Crippen LogP contribution in [-0.4, -0.2) is 74.9 Å². The number of rotatable bonds is 11. The summed E-state index contributed by atoms with van der Waals surface area (Å²) < 4.78 is 34.3. The van der Waals surface area contributed by atoms with E-state index in [9.17, 15) is 13.5 Å². The Morgan fingerprint density at radius 1 is 1.38 bits per heavy atom. The molecule has 0 radical (unpaired) electrons. The van der Waals surface area contributed by atoms with Crippen LogP contribution in [0.25, 0.3) is 0 Å². The predicted octanol–water partition coefficient (Wildman–Crippen LogP) is -1.75. The predicted molar refractivity (Wildman–Crippen MR) is 114 cm³/mol. The van der Waals surface area contributed by atoms with E-state index in [1.165, 1.54) is 10.4 Å². The maximum absolute atomic E-state index is 13.0. The molecule has 160 valence electrons. The molecule has 2 heterocycles. The number of ether oxygens (including phenoxy) is 1. The first-order valence-corrected chi connectivity index (χ1v) is 14.8. The molecule has 1 aromatic rings. The summed E-state index contributed by atoms with van der Waals surface area (Å²) in [5.41, 5.74) is 0. The summed E-state index contributed by atoms with van der Waals surface area (Å²) >= 11 is 5.12. The van der Waals surface area contributed by atoms with Gasteiger partial charge >= 0.3 is 39.8 Å². The maximum Gasteiger partial charge on any atom is 1.00 e. The Morgan fingerprint density at radius 3 is 2.55 bits per heavy atom. The molecule has 29 heavy (non-hydrogen) atoms. The number of nitrogens with zero attached hydrogens (tertiary/aromatic N) is 4. The zero-order valence-electron chi connectivity index (χ0n) is 17.9. The van der Waals surface area contributed by atoms with Crippen LogP contribution < -0.4 is 39.2 Å². The van der Waals surface area contributed by atoms with Gasteiger partial charge in [0.15, 0.2) is 0 Å². The van der Waals surface area contributed by atoms with E-state index in [0.29, 0.717) is 25.5 Å². The fourth-order valence-electron chi connectivity index (χ4n) is 2.35. The number of aliphatic hydroxyl groups excluding tert-OH is 1. The van der Waals surface area contributed by atoms with Gasteiger partial charge in [-0.1, -0.05) is 19.6 Å².